The van der Waals surface area contributed by atoms with E-state index in [1.54, 1.807) is 26.6 Å². The van der Waals surface area contributed by atoms with Crippen LogP contribution < -0.4 is 15.3 Å². The number of benzene rings is 2. The first kappa shape index (κ1) is 33.7. The Hall–Kier alpha value is -4.78. The minimum Gasteiger partial charge on any atom is -0.493 e. The summed E-state index contributed by atoms with van der Waals surface area (Å²) in [5.41, 5.74) is 2.69. The lowest BCUT2D eigenvalue weighted by molar-refractivity contribution is -0.0206. The number of piperazine rings is 1. The second-order valence-electron chi connectivity index (χ2n) is 13.4. The van der Waals surface area contributed by atoms with Crippen LogP contribution in [-0.2, 0) is 16.9 Å². The van der Waals surface area contributed by atoms with Crippen molar-refractivity contribution in [2.24, 2.45) is 5.92 Å². The third-order valence-corrected chi connectivity index (χ3v) is 10.3. The van der Waals surface area contributed by atoms with Crippen molar-refractivity contribution in [1.29, 1.82) is 0 Å². The van der Waals surface area contributed by atoms with E-state index in [0.717, 1.165) is 75.1 Å². The zero-order valence-corrected chi connectivity index (χ0v) is 28.6. The number of aromatic nitrogens is 6. The number of rotatable bonds is 12. The largest absolute Gasteiger partial charge is 0.493 e. The maximum absolute atomic E-state index is 15.0. The van der Waals surface area contributed by atoms with Crippen molar-refractivity contribution in [1.82, 2.24) is 34.0 Å². The van der Waals surface area contributed by atoms with Gasteiger partial charge in [-0.05, 0) is 74.6 Å². The highest BCUT2D eigenvalue weighted by Crippen LogP contribution is 2.42. The highest BCUT2D eigenvalue weighted by atomic mass is 19.1. The molecule has 2 fully saturated rings. The highest BCUT2D eigenvalue weighted by molar-refractivity contribution is 5.52. The number of halogens is 2. The number of hydrogen-bond donors (Lipinski definition) is 0. The predicted octanol–water partition coefficient (Wildman–Crippen LogP) is 5.63. The normalized spacial score (nSPS) is 21.1. The van der Waals surface area contributed by atoms with Gasteiger partial charge in [-0.15, -0.1) is 0 Å². The second kappa shape index (κ2) is 14.6. The Kier molecular flexibility index (Phi) is 9.84. The van der Waals surface area contributed by atoms with Crippen LogP contribution in [0, 0.1) is 17.6 Å². The number of nitrogens with zero attached hydrogens (tertiary/aromatic N) is 8. The monoisotopic (exact) mass is 686 g/mol. The van der Waals surface area contributed by atoms with Crippen LogP contribution in [0.15, 0.2) is 84.1 Å². The van der Waals surface area contributed by atoms with Gasteiger partial charge in [-0.2, -0.15) is 10.2 Å². The Morgan fingerprint density at radius 3 is 2.36 bits per heavy atom. The molecule has 13 heteroatoms. The quantitative estimate of drug-likeness (QED) is 0.190. The van der Waals surface area contributed by atoms with Gasteiger partial charge in [0, 0.05) is 60.8 Å². The third kappa shape index (κ3) is 6.96. The summed E-state index contributed by atoms with van der Waals surface area (Å²) >= 11 is 0. The lowest BCUT2D eigenvalue weighted by atomic mass is 9.87. The standard InChI is InChI=1S/C37H44F2N8O3/c1-3-29(4-2)47-36(48)46(26-42-47)32-8-6-30(7-9-32)43-15-17-44(18-16-43)31-10-12-33(13-11-31)49-21-27-20-37(50-22-27,23-45-25-40-24-41-45)34-14-5-28(38)19-35(34)39/h5-6,8,10-14,19,24-27,29H,3-4,7,9,15-18,20-23H2,1-2H3/t27-,37+/m1/s1. The Bertz CT molecular complexity index is 1870. The zero-order chi connectivity index (χ0) is 34.7. The van der Waals surface area contributed by atoms with Crippen molar-refractivity contribution >= 4 is 11.4 Å². The summed E-state index contributed by atoms with van der Waals surface area (Å²) in [7, 11) is 0. The Morgan fingerprint density at radius 1 is 0.940 bits per heavy atom. The average molecular weight is 687 g/mol. The predicted molar refractivity (Wildman–Crippen MR) is 186 cm³/mol. The van der Waals surface area contributed by atoms with Gasteiger partial charge >= 0.3 is 5.69 Å². The van der Waals surface area contributed by atoms with E-state index >= 15 is 0 Å². The molecule has 4 heterocycles. The molecule has 1 aliphatic carbocycles. The third-order valence-electron chi connectivity index (χ3n) is 10.3. The van der Waals surface area contributed by atoms with Crippen LogP contribution in [0.5, 0.6) is 5.75 Å². The van der Waals surface area contributed by atoms with E-state index in [1.165, 1.54) is 24.2 Å². The number of anilines is 1. The molecule has 2 saturated heterocycles. The van der Waals surface area contributed by atoms with E-state index in [2.05, 4.69) is 63.1 Å². The lowest BCUT2D eigenvalue weighted by Gasteiger charge is -2.39. The van der Waals surface area contributed by atoms with E-state index < -0.39 is 17.2 Å². The molecule has 0 N–H and O–H groups in total. The molecule has 7 rings (SSSR count). The van der Waals surface area contributed by atoms with Crippen LogP contribution in [0.25, 0.3) is 5.70 Å². The molecular weight excluding hydrogens is 642 g/mol. The Balaban J connectivity index is 0.920. The first-order valence-corrected chi connectivity index (χ1v) is 17.6. The first-order valence-electron chi connectivity index (χ1n) is 17.6. The van der Waals surface area contributed by atoms with E-state index in [0.29, 0.717) is 25.2 Å². The maximum atomic E-state index is 15.0. The molecule has 0 spiro atoms. The Labute approximate surface area is 290 Å². The van der Waals surface area contributed by atoms with Crippen molar-refractivity contribution in [2.45, 2.75) is 64.1 Å². The number of hydrogen-bond acceptors (Lipinski definition) is 8. The molecule has 0 bridgehead atoms. The summed E-state index contributed by atoms with van der Waals surface area (Å²) < 4.78 is 46.0. The summed E-state index contributed by atoms with van der Waals surface area (Å²) in [4.78, 5) is 21.8. The topological polar surface area (TPSA) is 95.5 Å². The van der Waals surface area contributed by atoms with E-state index in [9.17, 15) is 13.6 Å². The van der Waals surface area contributed by atoms with Crippen molar-refractivity contribution < 1.29 is 18.3 Å². The van der Waals surface area contributed by atoms with Crippen molar-refractivity contribution in [3.05, 3.63) is 107 Å². The van der Waals surface area contributed by atoms with Gasteiger partial charge in [-0.25, -0.2) is 27.9 Å². The van der Waals surface area contributed by atoms with Gasteiger partial charge in [0.05, 0.1) is 25.8 Å². The summed E-state index contributed by atoms with van der Waals surface area (Å²) in [5.74, 6) is -0.507. The molecule has 4 aromatic rings. The van der Waals surface area contributed by atoms with Gasteiger partial charge in [0.25, 0.3) is 0 Å². The molecule has 264 valence electrons. The van der Waals surface area contributed by atoms with Crippen molar-refractivity contribution in [3.63, 3.8) is 0 Å². The van der Waals surface area contributed by atoms with Crippen LogP contribution in [0.3, 0.4) is 0 Å². The molecule has 2 atom stereocenters. The van der Waals surface area contributed by atoms with Gasteiger partial charge in [-0.1, -0.05) is 19.9 Å². The van der Waals surface area contributed by atoms with Crippen molar-refractivity contribution in [2.75, 3.05) is 44.3 Å². The SMILES string of the molecule is CCC(CC)n1ncn(C2=CC=C(N3CCN(c4ccc(OC[C@@H]5CO[C@@](Cn6cncn6)(c6ccc(F)cc6F)C5)cc4)CC3)CC2)c1=O. The van der Waals surface area contributed by atoms with Crippen molar-refractivity contribution in [3.8, 4) is 5.75 Å². The fraction of sp³-hybridized carbons (Fsp3) is 0.459. The highest BCUT2D eigenvalue weighted by Gasteiger charge is 2.44. The molecule has 11 nitrogen and oxygen atoms in total. The molecular formula is C37H44F2N8O3. The lowest BCUT2D eigenvalue weighted by Crippen LogP contribution is -2.46. The smallest absolute Gasteiger partial charge is 0.350 e. The summed E-state index contributed by atoms with van der Waals surface area (Å²) in [6.07, 6.45) is 12.8. The van der Waals surface area contributed by atoms with Crippen LogP contribution >= 0.6 is 0 Å². The van der Waals surface area contributed by atoms with Crippen LogP contribution in [0.4, 0.5) is 14.5 Å². The van der Waals surface area contributed by atoms with Gasteiger partial charge < -0.3 is 19.3 Å². The fourth-order valence-corrected chi connectivity index (χ4v) is 7.48. The summed E-state index contributed by atoms with van der Waals surface area (Å²) in [6.45, 7) is 8.87. The van der Waals surface area contributed by atoms with Gasteiger partial charge in [0.15, 0.2) is 0 Å². The molecule has 2 aromatic heterocycles. The molecule has 2 aromatic carbocycles. The molecule has 0 unspecified atom stereocenters. The van der Waals surface area contributed by atoms with Crippen LogP contribution in [0.1, 0.15) is 57.6 Å². The van der Waals surface area contributed by atoms with E-state index in [-0.39, 0.29) is 24.2 Å². The molecule has 0 saturated carbocycles. The van der Waals surface area contributed by atoms with Gasteiger partial charge in [0.2, 0.25) is 0 Å². The minimum atomic E-state index is -1.01. The molecule has 0 radical (unpaired) electrons. The Morgan fingerprint density at radius 2 is 1.68 bits per heavy atom. The number of ether oxygens (including phenoxy) is 2. The first-order chi connectivity index (χ1) is 24.4. The maximum Gasteiger partial charge on any atom is 0.350 e. The van der Waals surface area contributed by atoms with Crippen LogP contribution in [-0.4, -0.2) is 73.4 Å². The van der Waals surface area contributed by atoms with Crippen LogP contribution in [0.2, 0.25) is 0 Å². The molecule has 50 heavy (non-hydrogen) atoms. The van der Waals surface area contributed by atoms with E-state index in [4.69, 9.17) is 9.47 Å². The number of allylic oxidation sites excluding steroid dienone is 4. The average Bonchev–Trinajstić information content (AvgIpc) is 3.90. The fourth-order valence-electron chi connectivity index (χ4n) is 7.48. The molecule has 2 aliphatic heterocycles. The minimum absolute atomic E-state index is 0.00360. The second-order valence-corrected chi connectivity index (χ2v) is 13.4. The molecule has 0 amide bonds. The summed E-state index contributed by atoms with van der Waals surface area (Å²) in [6, 6.07) is 11.9. The van der Waals surface area contributed by atoms with Gasteiger partial charge in [-0.3, -0.25) is 4.57 Å². The zero-order valence-electron chi connectivity index (χ0n) is 28.6. The summed E-state index contributed by atoms with van der Waals surface area (Å²) in [5, 5.41) is 8.58. The molecule has 3 aliphatic rings. The van der Waals surface area contributed by atoms with E-state index in [1.807, 2.05) is 12.1 Å². The van der Waals surface area contributed by atoms with Gasteiger partial charge in [0.1, 0.15) is 42.0 Å².